The van der Waals surface area contributed by atoms with E-state index in [1.807, 2.05) is 13.0 Å². The van der Waals surface area contributed by atoms with Crippen molar-refractivity contribution >= 4 is 11.6 Å². The lowest BCUT2D eigenvalue weighted by molar-refractivity contribution is 0.276. The molecule has 1 atom stereocenters. The van der Waals surface area contributed by atoms with Crippen LogP contribution in [-0.4, -0.2) is 16.7 Å². The molecule has 72 valence electrons. The summed E-state index contributed by atoms with van der Waals surface area (Å²) < 4.78 is 0. The second-order valence-corrected chi connectivity index (χ2v) is 3.37. The lowest BCUT2D eigenvalue weighted by Crippen LogP contribution is -2.12. The summed E-state index contributed by atoms with van der Waals surface area (Å²) in [6, 6.07) is 3.45. The fourth-order valence-corrected chi connectivity index (χ4v) is 1.43. The summed E-state index contributed by atoms with van der Waals surface area (Å²) in [6.45, 7) is 1.95. The molecule has 0 amide bonds. The maximum atomic E-state index is 8.71. The molecule has 0 bridgehead atoms. The maximum Gasteiger partial charge on any atom is 0.129 e. The van der Waals surface area contributed by atoms with E-state index < -0.39 is 0 Å². The van der Waals surface area contributed by atoms with E-state index in [0.717, 1.165) is 11.3 Å². The van der Waals surface area contributed by atoms with Crippen LogP contribution in [0.15, 0.2) is 12.1 Å². The van der Waals surface area contributed by atoms with Gasteiger partial charge in [-0.05, 0) is 31.0 Å². The van der Waals surface area contributed by atoms with Crippen LogP contribution in [-0.2, 0) is 0 Å². The molecule has 1 aromatic heterocycles. The summed E-state index contributed by atoms with van der Waals surface area (Å²) in [4.78, 5) is 4.02. The van der Waals surface area contributed by atoms with Crippen LogP contribution in [0.1, 0.15) is 23.7 Å². The van der Waals surface area contributed by atoms with Crippen LogP contribution in [0.5, 0.6) is 0 Å². The molecule has 0 unspecified atom stereocenters. The first kappa shape index (κ1) is 10.4. The van der Waals surface area contributed by atoms with Crippen molar-refractivity contribution in [1.82, 2.24) is 4.98 Å². The Morgan fingerprint density at radius 3 is 2.85 bits per heavy atom. The van der Waals surface area contributed by atoms with Crippen LogP contribution in [0.4, 0.5) is 0 Å². The summed E-state index contributed by atoms with van der Waals surface area (Å²) in [5, 5.41) is 9.16. The Morgan fingerprint density at radius 1 is 1.62 bits per heavy atom. The van der Waals surface area contributed by atoms with Gasteiger partial charge in [-0.2, -0.15) is 0 Å². The van der Waals surface area contributed by atoms with Crippen LogP contribution >= 0.6 is 11.6 Å². The molecule has 0 saturated carbocycles. The Balaban J connectivity index is 2.87. The van der Waals surface area contributed by atoms with E-state index in [1.54, 1.807) is 6.07 Å². The molecule has 13 heavy (non-hydrogen) atoms. The predicted octanol–water partition coefficient (Wildman–Crippen LogP) is 1.43. The molecule has 4 heteroatoms. The van der Waals surface area contributed by atoms with Gasteiger partial charge < -0.3 is 10.8 Å². The fraction of sp³-hybridized carbons (Fsp3) is 0.444. The van der Waals surface area contributed by atoms with Crippen molar-refractivity contribution in [3.63, 3.8) is 0 Å². The highest BCUT2D eigenvalue weighted by molar-refractivity contribution is 6.29. The van der Waals surface area contributed by atoms with Gasteiger partial charge in [-0.1, -0.05) is 11.6 Å². The van der Waals surface area contributed by atoms with Crippen LogP contribution < -0.4 is 5.73 Å². The second kappa shape index (κ2) is 4.56. The monoisotopic (exact) mass is 200 g/mol. The van der Waals surface area contributed by atoms with Gasteiger partial charge in [-0.3, -0.25) is 0 Å². The minimum Gasteiger partial charge on any atom is -0.396 e. The van der Waals surface area contributed by atoms with Crippen molar-refractivity contribution < 1.29 is 5.11 Å². The number of nitrogens with two attached hydrogens (primary N) is 1. The number of hydrogen-bond donors (Lipinski definition) is 2. The standard InChI is InChI=1S/C9H13ClN2O/c1-6-4-7(5-9(10)12-6)8(11)2-3-13/h4-5,8,13H,2-3,11H2,1H3/t8-/m0/s1. The molecular formula is C9H13ClN2O. The van der Waals surface area contributed by atoms with Crippen LogP contribution in [0, 0.1) is 6.92 Å². The van der Waals surface area contributed by atoms with E-state index in [9.17, 15) is 0 Å². The Hall–Kier alpha value is -0.640. The highest BCUT2D eigenvalue weighted by Crippen LogP contribution is 2.17. The molecule has 1 heterocycles. The number of pyridine rings is 1. The fourth-order valence-electron chi connectivity index (χ4n) is 1.17. The van der Waals surface area contributed by atoms with Crippen molar-refractivity contribution in [2.75, 3.05) is 6.61 Å². The van der Waals surface area contributed by atoms with Crippen molar-refractivity contribution in [2.24, 2.45) is 5.73 Å². The summed E-state index contributed by atoms with van der Waals surface area (Å²) in [7, 11) is 0. The first-order valence-corrected chi connectivity index (χ1v) is 4.52. The first-order chi connectivity index (χ1) is 6.13. The zero-order chi connectivity index (χ0) is 9.84. The Bertz CT molecular complexity index is 271. The van der Waals surface area contributed by atoms with Crippen molar-refractivity contribution in [2.45, 2.75) is 19.4 Å². The topological polar surface area (TPSA) is 59.1 Å². The van der Waals surface area contributed by atoms with Gasteiger partial charge in [0.15, 0.2) is 0 Å². The SMILES string of the molecule is Cc1cc([C@@H](N)CCO)cc(Cl)n1. The van der Waals surface area contributed by atoms with E-state index in [1.165, 1.54) is 0 Å². The van der Waals surface area contributed by atoms with Crippen molar-refractivity contribution in [1.29, 1.82) is 0 Å². The van der Waals surface area contributed by atoms with Gasteiger partial charge in [0.2, 0.25) is 0 Å². The van der Waals surface area contributed by atoms with E-state index in [4.69, 9.17) is 22.4 Å². The molecule has 3 nitrogen and oxygen atoms in total. The quantitative estimate of drug-likeness (QED) is 0.726. The lowest BCUT2D eigenvalue weighted by atomic mass is 10.1. The van der Waals surface area contributed by atoms with Crippen LogP contribution in [0.25, 0.3) is 0 Å². The number of rotatable bonds is 3. The molecule has 0 aromatic carbocycles. The average molecular weight is 201 g/mol. The number of aliphatic hydroxyl groups is 1. The summed E-state index contributed by atoms with van der Waals surface area (Å²) >= 11 is 5.77. The van der Waals surface area contributed by atoms with Gasteiger partial charge in [0.1, 0.15) is 5.15 Å². The van der Waals surface area contributed by atoms with E-state index in [-0.39, 0.29) is 12.6 Å². The summed E-state index contributed by atoms with van der Waals surface area (Å²) in [6.07, 6.45) is 0.541. The van der Waals surface area contributed by atoms with E-state index in [0.29, 0.717) is 11.6 Å². The first-order valence-electron chi connectivity index (χ1n) is 4.14. The van der Waals surface area contributed by atoms with E-state index in [2.05, 4.69) is 4.98 Å². The molecule has 0 aliphatic rings. The minimum absolute atomic E-state index is 0.0835. The number of hydrogen-bond acceptors (Lipinski definition) is 3. The third-order valence-corrected chi connectivity index (χ3v) is 2.01. The number of nitrogens with zero attached hydrogens (tertiary/aromatic N) is 1. The van der Waals surface area contributed by atoms with E-state index >= 15 is 0 Å². The molecule has 0 spiro atoms. The molecule has 1 rings (SSSR count). The van der Waals surface area contributed by atoms with Gasteiger partial charge in [0.25, 0.3) is 0 Å². The zero-order valence-electron chi connectivity index (χ0n) is 7.50. The van der Waals surface area contributed by atoms with Gasteiger partial charge >= 0.3 is 0 Å². The lowest BCUT2D eigenvalue weighted by Gasteiger charge is -2.10. The molecule has 0 aliphatic heterocycles. The van der Waals surface area contributed by atoms with Crippen molar-refractivity contribution in [3.05, 3.63) is 28.5 Å². The largest absolute Gasteiger partial charge is 0.396 e. The predicted molar refractivity (Wildman–Crippen MR) is 52.6 cm³/mol. The van der Waals surface area contributed by atoms with Gasteiger partial charge in [0, 0.05) is 18.3 Å². The Labute approximate surface area is 82.5 Å². The Morgan fingerprint density at radius 2 is 2.31 bits per heavy atom. The highest BCUT2D eigenvalue weighted by atomic mass is 35.5. The molecule has 3 N–H and O–H groups in total. The second-order valence-electron chi connectivity index (χ2n) is 2.98. The van der Waals surface area contributed by atoms with Gasteiger partial charge in [0.05, 0.1) is 0 Å². The number of aromatic nitrogens is 1. The minimum atomic E-state index is -0.163. The smallest absolute Gasteiger partial charge is 0.129 e. The number of halogens is 1. The molecule has 0 radical (unpaired) electrons. The van der Waals surface area contributed by atoms with Crippen LogP contribution in [0.2, 0.25) is 5.15 Å². The third kappa shape index (κ3) is 2.95. The zero-order valence-corrected chi connectivity index (χ0v) is 8.25. The molecule has 1 aromatic rings. The Kier molecular flexibility index (Phi) is 3.66. The normalized spacial score (nSPS) is 12.9. The number of aliphatic hydroxyl groups excluding tert-OH is 1. The third-order valence-electron chi connectivity index (χ3n) is 1.81. The van der Waals surface area contributed by atoms with Gasteiger partial charge in [-0.15, -0.1) is 0 Å². The van der Waals surface area contributed by atoms with Crippen LogP contribution in [0.3, 0.4) is 0 Å². The van der Waals surface area contributed by atoms with Crippen molar-refractivity contribution in [3.8, 4) is 0 Å². The molecular weight excluding hydrogens is 188 g/mol. The molecule has 0 saturated heterocycles. The highest BCUT2D eigenvalue weighted by Gasteiger charge is 2.06. The molecule has 0 fully saturated rings. The number of aryl methyl sites for hydroxylation is 1. The van der Waals surface area contributed by atoms with Gasteiger partial charge in [-0.25, -0.2) is 4.98 Å². The molecule has 0 aliphatic carbocycles. The summed E-state index contributed by atoms with van der Waals surface area (Å²) in [5.74, 6) is 0. The summed E-state index contributed by atoms with van der Waals surface area (Å²) in [5.41, 5.74) is 7.56. The maximum absolute atomic E-state index is 8.71. The average Bonchev–Trinajstić information content (AvgIpc) is 2.03.